The van der Waals surface area contributed by atoms with Gasteiger partial charge in [-0.3, -0.25) is 14.3 Å². The number of anilines is 1. The number of aromatic nitrogens is 2. The number of carbonyl (C=O) groups excluding carboxylic acids is 2. The van der Waals surface area contributed by atoms with Gasteiger partial charge in [0.2, 0.25) is 5.91 Å². The summed E-state index contributed by atoms with van der Waals surface area (Å²) in [5, 5.41) is 7.96. The van der Waals surface area contributed by atoms with Crippen molar-refractivity contribution < 1.29 is 9.59 Å². The third kappa shape index (κ3) is 4.01. The van der Waals surface area contributed by atoms with Crippen molar-refractivity contribution in [2.24, 2.45) is 5.73 Å². The van der Waals surface area contributed by atoms with Gasteiger partial charge in [0.15, 0.2) is 0 Å². The van der Waals surface area contributed by atoms with E-state index in [-0.39, 0.29) is 5.91 Å². The van der Waals surface area contributed by atoms with E-state index in [1.165, 1.54) is 0 Å². The van der Waals surface area contributed by atoms with Crippen LogP contribution in [0.4, 0.5) is 5.69 Å². The van der Waals surface area contributed by atoms with Crippen LogP contribution in [0.25, 0.3) is 0 Å². The maximum Gasteiger partial charge on any atom is 0.259 e. The first-order chi connectivity index (χ1) is 12.9. The van der Waals surface area contributed by atoms with Crippen LogP contribution in [0, 0.1) is 13.8 Å². The molecule has 0 bridgehead atoms. The molecule has 0 radical (unpaired) electrons. The molecule has 0 atom stereocenters. The molecule has 2 aromatic carbocycles. The van der Waals surface area contributed by atoms with Crippen LogP contribution < -0.4 is 11.1 Å². The monoisotopic (exact) mass is 382 g/mol. The minimum atomic E-state index is -0.514. The molecule has 2 amide bonds. The van der Waals surface area contributed by atoms with E-state index in [4.69, 9.17) is 17.3 Å². The predicted molar refractivity (Wildman–Crippen MR) is 105 cm³/mol. The average Bonchev–Trinajstić information content (AvgIpc) is 2.91. The second kappa shape index (κ2) is 7.63. The van der Waals surface area contributed by atoms with Crippen LogP contribution in [0.2, 0.25) is 5.02 Å². The highest BCUT2D eigenvalue weighted by Crippen LogP contribution is 2.20. The molecule has 0 aliphatic rings. The van der Waals surface area contributed by atoms with E-state index in [1.54, 1.807) is 35.9 Å². The molecule has 3 rings (SSSR count). The summed E-state index contributed by atoms with van der Waals surface area (Å²) in [6.45, 7) is 4.12. The Morgan fingerprint density at radius 3 is 2.41 bits per heavy atom. The summed E-state index contributed by atoms with van der Waals surface area (Å²) in [4.78, 5) is 23.9. The summed E-state index contributed by atoms with van der Waals surface area (Å²) >= 11 is 6.22. The van der Waals surface area contributed by atoms with Crippen molar-refractivity contribution >= 4 is 29.1 Å². The quantitative estimate of drug-likeness (QED) is 0.707. The number of carbonyl (C=O) groups is 2. The lowest BCUT2D eigenvalue weighted by Crippen LogP contribution is -2.15. The molecule has 3 aromatic rings. The SMILES string of the molecule is Cc1nn(Cc2ccccc2Cl)c(C)c1C(=O)Nc1ccc(C(N)=O)cc1. The zero-order chi connectivity index (χ0) is 19.6. The van der Waals surface area contributed by atoms with Crippen molar-refractivity contribution in [2.75, 3.05) is 5.32 Å². The zero-order valence-corrected chi connectivity index (χ0v) is 15.7. The van der Waals surface area contributed by atoms with Gasteiger partial charge in [0.1, 0.15) is 0 Å². The normalized spacial score (nSPS) is 10.6. The summed E-state index contributed by atoms with van der Waals surface area (Å²) in [5.74, 6) is -0.775. The van der Waals surface area contributed by atoms with Crippen molar-refractivity contribution in [3.8, 4) is 0 Å². The fourth-order valence-electron chi connectivity index (χ4n) is 2.88. The molecule has 27 heavy (non-hydrogen) atoms. The molecule has 6 nitrogen and oxygen atoms in total. The lowest BCUT2D eigenvalue weighted by molar-refractivity contribution is 0.0998. The van der Waals surface area contributed by atoms with Gasteiger partial charge >= 0.3 is 0 Å². The molecule has 0 aliphatic carbocycles. The van der Waals surface area contributed by atoms with Gasteiger partial charge in [-0.2, -0.15) is 5.10 Å². The molecule has 0 saturated heterocycles. The van der Waals surface area contributed by atoms with Gasteiger partial charge in [-0.15, -0.1) is 0 Å². The molecule has 1 aromatic heterocycles. The largest absolute Gasteiger partial charge is 0.366 e. The molecule has 7 heteroatoms. The van der Waals surface area contributed by atoms with Gasteiger partial charge in [0.05, 0.1) is 17.8 Å². The Bertz CT molecular complexity index is 1010. The average molecular weight is 383 g/mol. The van der Waals surface area contributed by atoms with Gasteiger partial charge in [0.25, 0.3) is 5.91 Å². The molecule has 0 spiro atoms. The van der Waals surface area contributed by atoms with E-state index in [1.807, 2.05) is 31.2 Å². The first-order valence-corrected chi connectivity index (χ1v) is 8.73. The highest BCUT2D eigenvalue weighted by Gasteiger charge is 2.19. The number of nitrogens with zero attached hydrogens (tertiary/aromatic N) is 2. The maximum atomic E-state index is 12.7. The number of halogens is 1. The summed E-state index contributed by atoms with van der Waals surface area (Å²) in [6, 6.07) is 13.9. The number of benzene rings is 2. The topological polar surface area (TPSA) is 90.0 Å². The lowest BCUT2D eigenvalue weighted by Gasteiger charge is -2.08. The van der Waals surface area contributed by atoms with Gasteiger partial charge in [-0.05, 0) is 49.7 Å². The minimum absolute atomic E-state index is 0.262. The molecular formula is C20H19ClN4O2. The Balaban J connectivity index is 1.82. The number of amides is 2. The summed E-state index contributed by atoms with van der Waals surface area (Å²) in [7, 11) is 0. The van der Waals surface area contributed by atoms with E-state index in [2.05, 4.69) is 10.4 Å². The summed E-state index contributed by atoms with van der Waals surface area (Å²) in [5.41, 5.74) is 9.00. The molecule has 0 aliphatic heterocycles. The van der Waals surface area contributed by atoms with Crippen molar-refractivity contribution in [3.05, 3.63) is 81.6 Å². The molecular weight excluding hydrogens is 364 g/mol. The minimum Gasteiger partial charge on any atom is -0.366 e. The number of aryl methyl sites for hydroxylation is 1. The van der Waals surface area contributed by atoms with E-state index < -0.39 is 5.91 Å². The Morgan fingerprint density at radius 1 is 1.11 bits per heavy atom. The van der Waals surface area contributed by atoms with Gasteiger partial charge in [-0.1, -0.05) is 29.8 Å². The number of nitrogens with one attached hydrogen (secondary N) is 1. The number of hydrogen-bond donors (Lipinski definition) is 2. The fourth-order valence-corrected chi connectivity index (χ4v) is 3.07. The van der Waals surface area contributed by atoms with E-state index >= 15 is 0 Å². The second-order valence-electron chi connectivity index (χ2n) is 6.19. The van der Waals surface area contributed by atoms with Crippen molar-refractivity contribution in [1.29, 1.82) is 0 Å². The molecule has 138 valence electrons. The van der Waals surface area contributed by atoms with Gasteiger partial charge in [-0.25, -0.2) is 0 Å². The van der Waals surface area contributed by atoms with Crippen LogP contribution in [0.3, 0.4) is 0 Å². The highest BCUT2D eigenvalue weighted by atomic mass is 35.5. The van der Waals surface area contributed by atoms with Crippen molar-refractivity contribution in [2.45, 2.75) is 20.4 Å². The maximum absolute atomic E-state index is 12.7. The third-order valence-electron chi connectivity index (χ3n) is 4.31. The molecule has 3 N–H and O–H groups in total. The summed E-state index contributed by atoms with van der Waals surface area (Å²) in [6.07, 6.45) is 0. The van der Waals surface area contributed by atoms with Crippen molar-refractivity contribution in [1.82, 2.24) is 9.78 Å². The Labute approximate surface area is 161 Å². The standard InChI is InChI=1S/C20H19ClN4O2/c1-12-18(20(27)23-16-9-7-14(8-10-16)19(22)26)13(2)25(24-12)11-15-5-3-4-6-17(15)21/h3-10H,11H2,1-2H3,(H2,22,26)(H,23,27). The Kier molecular flexibility index (Phi) is 5.28. The predicted octanol–water partition coefficient (Wildman–Crippen LogP) is 3.55. The Hall–Kier alpha value is -3.12. The first kappa shape index (κ1) is 18.7. The van der Waals surface area contributed by atoms with E-state index in [0.717, 1.165) is 11.3 Å². The zero-order valence-electron chi connectivity index (χ0n) is 15.0. The summed E-state index contributed by atoms with van der Waals surface area (Å²) < 4.78 is 1.77. The van der Waals surface area contributed by atoms with Crippen LogP contribution in [-0.2, 0) is 6.54 Å². The van der Waals surface area contributed by atoms with Gasteiger partial charge < -0.3 is 11.1 Å². The van der Waals surface area contributed by atoms with E-state index in [0.29, 0.717) is 34.1 Å². The van der Waals surface area contributed by atoms with E-state index in [9.17, 15) is 9.59 Å². The number of hydrogen-bond acceptors (Lipinski definition) is 3. The van der Waals surface area contributed by atoms with Crippen LogP contribution in [0.5, 0.6) is 0 Å². The van der Waals surface area contributed by atoms with Crippen LogP contribution >= 0.6 is 11.6 Å². The number of primary amides is 1. The van der Waals surface area contributed by atoms with Gasteiger partial charge in [0, 0.05) is 22.0 Å². The van der Waals surface area contributed by atoms with Crippen LogP contribution in [-0.4, -0.2) is 21.6 Å². The Morgan fingerprint density at radius 2 is 1.78 bits per heavy atom. The molecule has 1 heterocycles. The number of rotatable bonds is 5. The molecule has 0 fully saturated rings. The molecule has 0 saturated carbocycles. The number of nitrogens with two attached hydrogens (primary N) is 1. The third-order valence-corrected chi connectivity index (χ3v) is 4.68. The molecule has 0 unspecified atom stereocenters. The smallest absolute Gasteiger partial charge is 0.259 e. The first-order valence-electron chi connectivity index (χ1n) is 8.35. The fraction of sp³-hybridized carbons (Fsp3) is 0.150. The second-order valence-corrected chi connectivity index (χ2v) is 6.60. The lowest BCUT2D eigenvalue weighted by atomic mass is 10.1. The highest BCUT2D eigenvalue weighted by molar-refractivity contribution is 6.31. The van der Waals surface area contributed by atoms with Crippen LogP contribution in [0.1, 0.15) is 37.7 Å². The van der Waals surface area contributed by atoms with Crippen molar-refractivity contribution in [3.63, 3.8) is 0 Å². The van der Waals surface area contributed by atoms with Crippen LogP contribution in [0.15, 0.2) is 48.5 Å².